The van der Waals surface area contributed by atoms with Crippen LogP contribution in [0.3, 0.4) is 0 Å². The van der Waals surface area contributed by atoms with Crippen molar-refractivity contribution in [1.29, 1.82) is 0 Å². The van der Waals surface area contributed by atoms with Gasteiger partial charge < -0.3 is 11.1 Å². The van der Waals surface area contributed by atoms with Gasteiger partial charge in [0.15, 0.2) is 5.96 Å². The highest BCUT2D eigenvalue weighted by molar-refractivity contribution is 5.92. The second kappa shape index (κ2) is 5.77. The van der Waals surface area contributed by atoms with Gasteiger partial charge in [0, 0.05) is 16.9 Å². The van der Waals surface area contributed by atoms with Crippen LogP contribution in [0.1, 0.15) is 28.1 Å². The van der Waals surface area contributed by atoms with Crippen LogP contribution in [0, 0.1) is 27.7 Å². The van der Waals surface area contributed by atoms with Crippen molar-refractivity contribution in [2.75, 3.05) is 5.32 Å². The molecule has 0 amide bonds. The molecular formula is C15H21N5. The number of rotatable bonds is 3. The number of hydrogen-bond acceptors (Lipinski definition) is 2. The average Bonchev–Trinajstić information content (AvgIpc) is 2.71. The van der Waals surface area contributed by atoms with E-state index in [9.17, 15) is 0 Å². The normalized spacial score (nSPS) is 11.7. The zero-order valence-corrected chi connectivity index (χ0v) is 12.4. The molecule has 0 bridgehead atoms. The van der Waals surface area contributed by atoms with Gasteiger partial charge >= 0.3 is 0 Å². The van der Waals surface area contributed by atoms with Gasteiger partial charge in [-0.3, -0.25) is 5.10 Å². The van der Waals surface area contributed by atoms with E-state index in [4.69, 9.17) is 5.73 Å². The van der Waals surface area contributed by atoms with Gasteiger partial charge in [-0.15, -0.1) is 0 Å². The zero-order valence-electron chi connectivity index (χ0n) is 12.4. The summed E-state index contributed by atoms with van der Waals surface area (Å²) in [7, 11) is 0. The monoisotopic (exact) mass is 271 g/mol. The maximum absolute atomic E-state index is 5.92. The van der Waals surface area contributed by atoms with Crippen LogP contribution >= 0.6 is 0 Å². The number of anilines is 1. The molecule has 0 fully saturated rings. The topological polar surface area (TPSA) is 79.1 Å². The smallest absolute Gasteiger partial charge is 0.193 e. The molecule has 4 N–H and O–H groups in total. The summed E-state index contributed by atoms with van der Waals surface area (Å²) < 4.78 is 0. The molecule has 0 atom stereocenters. The molecule has 5 heteroatoms. The van der Waals surface area contributed by atoms with Crippen molar-refractivity contribution < 1.29 is 0 Å². The Morgan fingerprint density at radius 3 is 2.60 bits per heavy atom. The minimum absolute atomic E-state index is 0.410. The molecule has 20 heavy (non-hydrogen) atoms. The third-order valence-corrected chi connectivity index (χ3v) is 3.47. The van der Waals surface area contributed by atoms with Crippen LogP contribution in [-0.4, -0.2) is 16.2 Å². The van der Waals surface area contributed by atoms with Crippen LogP contribution in [0.15, 0.2) is 23.2 Å². The van der Waals surface area contributed by atoms with E-state index in [0.717, 1.165) is 22.6 Å². The largest absolute Gasteiger partial charge is 0.370 e. The molecule has 0 saturated heterocycles. The van der Waals surface area contributed by atoms with E-state index >= 15 is 0 Å². The Labute approximate surface area is 119 Å². The van der Waals surface area contributed by atoms with Crippen molar-refractivity contribution in [1.82, 2.24) is 10.2 Å². The lowest BCUT2D eigenvalue weighted by molar-refractivity contribution is 1.02. The standard InChI is InChI=1S/C15H21N5/c1-9-5-6-13(7-10(9)2)18-15(16)17-8-14-11(3)19-20-12(14)4/h5-7H,8H2,1-4H3,(H,19,20)(H3,16,17,18). The first-order valence-electron chi connectivity index (χ1n) is 6.62. The number of H-pyrrole nitrogens is 1. The first kappa shape index (κ1) is 14.1. The number of hydrogen-bond donors (Lipinski definition) is 3. The van der Waals surface area contributed by atoms with E-state index in [0.29, 0.717) is 12.5 Å². The van der Waals surface area contributed by atoms with Crippen molar-refractivity contribution in [2.45, 2.75) is 34.2 Å². The van der Waals surface area contributed by atoms with E-state index in [1.807, 2.05) is 19.9 Å². The molecule has 106 valence electrons. The molecule has 2 rings (SSSR count). The van der Waals surface area contributed by atoms with Gasteiger partial charge in [0.2, 0.25) is 0 Å². The molecule has 0 spiro atoms. The van der Waals surface area contributed by atoms with Gasteiger partial charge in [-0.2, -0.15) is 5.10 Å². The van der Waals surface area contributed by atoms with Crippen molar-refractivity contribution in [3.05, 3.63) is 46.3 Å². The van der Waals surface area contributed by atoms with Gasteiger partial charge in [-0.05, 0) is 51.0 Å². The Morgan fingerprint density at radius 2 is 2.00 bits per heavy atom. The minimum Gasteiger partial charge on any atom is -0.370 e. The Kier molecular flexibility index (Phi) is 4.08. The van der Waals surface area contributed by atoms with Crippen LogP contribution in [0.25, 0.3) is 0 Å². The summed E-state index contributed by atoms with van der Waals surface area (Å²) in [4.78, 5) is 4.36. The summed E-state index contributed by atoms with van der Waals surface area (Å²) in [6, 6.07) is 6.13. The molecule has 0 aliphatic heterocycles. The SMILES string of the molecule is Cc1ccc(NC(N)=NCc2c(C)n[nH]c2C)cc1C. The summed E-state index contributed by atoms with van der Waals surface area (Å²) >= 11 is 0. The molecular weight excluding hydrogens is 250 g/mol. The molecule has 0 unspecified atom stereocenters. The molecule has 1 aromatic carbocycles. The van der Waals surface area contributed by atoms with E-state index in [1.54, 1.807) is 0 Å². The molecule has 1 aromatic heterocycles. The zero-order chi connectivity index (χ0) is 14.7. The van der Waals surface area contributed by atoms with Gasteiger partial charge in [0.25, 0.3) is 0 Å². The predicted octanol–water partition coefficient (Wildman–Crippen LogP) is 2.57. The van der Waals surface area contributed by atoms with Crippen LogP contribution in [0.2, 0.25) is 0 Å². The second-order valence-electron chi connectivity index (χ2n) is 5.04. The first-order chi connectivity index (χ1) is 9.47. The third kappa shape index (κ3) is 3.17. The maximum atomic E-state index is 5.92. The summed E-state index contributed by atoms with van der Waals surface area (Å²) in [5, 5.41) is 10.2. The Bertz CT molecular complexity index is 620. The highest BCUT2D eigenvalue weighted by atomic mass is 15.1. The van der Waals surface area contributed by atoms with E-state index < -0.39 is 0 Å². The van der Waals surface area contributed by atoms with E-state index in [-0.39, 0.29) is 0 Å². The number of nitrogens with zero attached hydrogens (tertiary/aromatic N) is 2. The lowest BCUT2D eigenvalue weighted by atomic mass is 10.1. The number of benzene rings is 1. The van der Waals surface area contributed by atoms with E-state index in [1.165, 1.54) is 11.1 Å². The van der Waals surface area contributed by atoms with Crippen molar-refractivity contribution in [3.63, 3.8) is 0 Å². The van der Waals surface area contributed by atoms with Crippen LogP contribution in [-0.2, 0) is 6.54 Å². The molecule has 2 aromatic rings. The van der Waals surface area contributed by atoms with Crippen molar-refractivity contribution in [2.24, 2.45) is 10.7 Å². The number of aromatic nitrogens is 2. The molecule has 0 saturated carbocycles. The van der Waals surface area contributed by atoms with Gasteiger partial charge in [-0.1, -0.05) is 6.07 Å². The highest BCUT2D eigenvalue weighted by Crippen LogP contribution is 2.14. The summed E-state index contributed by atoms with van der Waals surface area (Å²) in [5.41, 5.74) is 12.4. The van der Waals surface area contributed by atoms with Crippen molar-refractivity contribution >= 4 is 11.6 Å². The predicted molar refractivity (Wildman–Crippen MR) is 82.9 cm³/mol. The number of guanidine groups is 1. The number of aromatic amines is 1. The Balaban J connectivity index is 2.06. The molecule has 5 nitrogen and oxygen atoms in total. The Morgan fingerprint density at radius 1 is 1.25 bits per heavy atom. The van der Waals surface area contributed by atoms with Gasteiger partial charge in [-0.25, -0.2) is 4.99 Å². The number of nitrogens with one attached hydrogen (secondary N) is 2. The lowest BCUT2D eigenvalue weighted by Crippen LogP contribution is -2.22. The molecule has 0 aliphatic carbocycles. The lowest BCUT2D eigenvalue weighted by Gasteiger charge is -2.08. The van der Waals surface area contributed by atoms with E-state index in [2.05, 4.69) is 46.5 Å². The molecule has 0 radical (unpaired) electrons. The molecule has 0 aliphatic rings. The summed E-state index contributed by atoms with van der Waals surface area (Å²) in [5.74, 6) is 0.410. The quantitative estimate of drug-likeness (QED) is 0.593. The third-order valence-electron chi connectivity index (χ3n) is 3.47. The average molecular weight is 271 g/mol. The molecule has 1 heterocycles. The maximum Gasteiger partial charge on any atom is 0.193 e. The second-order valence-corrected chi connectivity index (χ2v) is 5.04. The number of aliphatic imine (C=N–C) groups is 1. The van der Waals surface area contributed by atoms with Crippen molar-refractivity contribution in [3.8, 4) is 0 Å². The van der Waals surface area contributed by atoms with Gasteiger partial charge in [0.05, 0.1) is 12.2 Å². The highest BCUT2D eigenvalue weighted by Gasteiger charge is 2.05. The van der Waals surface area contributed by atoms with Crippen LogP contribution in [0.4, 0.5) is 5.69 Å². The van der Waals surface area contributed by atoms with Crippen LogP contribution < -0.4 is 11.1 Å². The van der Waals surface area contributed by atoms with Gasteiger partial charge in [0.1, 0.15) is 0 Å². The summed E-state index contributed by atoms with van der Waals surface area (Å²) in [6.07, 6.45) is 0. The fraction of sp³-hybridized carbons (Fsp3) is 0.333. The number of nitrogens with two attached hydrogens (primary N) is 1. The summed E-state index contributed by atoms with van der Waals surface area (Å²) in [6.45, 7) is 8.63. The van der Waals surface area contributed by atoms with Crippen LogP contribution in [0.5, 0.6) is 0 Å². The number of aryl methyl sites for hydroxylation is 4. The Hall–Kier alpha value is -2.30. The fourth-order valence-electron chi connectivity index (χ4n) is 1.98. The first-order valence-corrected chi connectivity index (χ1v) is 6.62. The minimum atomic E-state index is 0.410. The fourth-order valence-corrected chi connectivity index (χ4v) is 1.98.